The zero-order chi connectivity index (χ0) is 22.9. The summed E-state index contributed by atoms with van der Waals surface area (Å²) in [5.41, 5.74) is 4.02. The summed E-state index contributed by atoms with van der Waals surface area (Å²) >= 11 is 0. The first-order valence-corrected chi connectivity index (χ1v) is 10.4. The van der Waals surface area contributed by atoms with Gasteiger partial charge >= 0.3 is 0 Å². The van der Waals surface area contributed by atoms with Gasteiger partial charge in [0.05, 0.1) is 24.3 Å². The molecule has 3 heterocycles. The largest absolute Gasteiger partial charge is 0.307 e. The fraction of sp³-hybridized carbons (Fsp3) is 0.120. The molecule has 2 aromatic carbocycles. The maximum Gasteiger partial charge on any atom is 0.260 e. The van der Waals surface area contributed by atoms with Crippen molar-refractivity contribution in [2.45, 2.75) is 20.0 Å². The molecule has 8 heteroatoms. The van der Waals surface area contributed by atoms with Crippen LogP contribution in [0.1, 0.15) is 37.5 Å². The summed E-state index contributed by atoms with van der Waals surface area (Å²) in [6, 6.07) is 16.9. The number of fused-ring (bicyclic) bond motifs is 2. The number of hydrogen-bond donors (Lipinski definition) is 1. The van der Waals surface area contributed by atoms with E-state index >= 15 is 0 Å². The SMILES string of the molecule is Cc1ccc(F)cc1C(=O)Nc1ccc(C(=O)N2Cc3ccnn3Cc3ccccc32)cn1. The molecular weight excluding hydrogens is 421 g/mol. The topological polar surface area (TPSA) is 80.1 Å². The number of hydrogen-bond acceptors (Lipinski definition) is 4. The number of aryl methyl sites for hydroxylation is 1. The molecule has 1 aliphatic heterocycles. The standard InChI is InChI=1S/C25H20FN5O2/c1-16-6-8-19(26)12-21(16)24(32)29-23-9-7-17(13-27-23)25(33)30-15-20-10-11-28-31(20)14-18-4-2-3-5-22(18)30/h2-13H,14-15H2,1H3,(H,27,29,32). The maximum absolute atomic E-state index is 13.5. The van der Waals surface area contributed by atoms with E-state index in [1.165, 1.54) is 18.3 Å². The highest BCUT2D eigenvalue weighted by Crippen LogP contribution is 2.28. The van der Waals surface area contributed by atoms with Crippen molar-refractivity contribution in [2.24, 2.45) is 0 Å². The molecule has 0 saturated carbocycles. The summed E-state index contributed by atoms with van der Waals surface area (Å²) in [5, 5.41) is 7.01. The monoisotopic (exact) mass is 441 g/mol. The summed E-state index contributed by atoms with van der Waals surface area (Å²) in [6.07, 6.45) is 3.16. The van der Waals surface area contributed by atoms with Crippen LogP contribution in [0.3, 0.4) is 0 Å². The van der Waals surface area contributed by atoms with Crippen molar-refractivity contribution in [1.29, 1.82) is 0 Å². The van der Waals surface area contributed by atoms with Crippen molar-refractivity contribution >= 4 is 23.3 Å². The Morgan fingerprint density at radius 2 is 1.88 bits per heavy atom. The highest BCUT2D eigenvalue weighted by molar-refractivity contribution is 6.07. The van der Waals surface area contributed by atoms with Crippen LogP contribution in [-0.4, -0.2) is 26.6 Å². The summed E-state index contributed by atoms with van der Waals surface area (Å²) < 4.78 is 15.4. The third kappa shape index (κ3) is 3.98. The van der Waals surface area contributed by atoms with E-state index in [2.05, 4.69) is 15.4 Å². The van der Waals surface area contributed by atoms with Crippen LogP contribution in [0, 0.1) is 12.7 Å². The highest BCUT2D eigenvalue weighted by atomic mass is 19.1. The molecule has 2 amide bonds. The van der Waals surface area contributed by atoms with Gasteiger partial charge in [0.1, 0.15) is 11.6 Å². The third-order valence-corrected chi connectivity index (χ3v) is 5.67. The Labute approximate surface area is 189 Å². The predicted octanol–water partition coefficient (Wildman–Crippen LogP) is 4.19. The maximum atomic E-state index is 13.5. The van der Waals surface area contributed by atoms with Crippen molar-refractivity contribution < 1.29 is 14.0 Å². The van der Waals surface area contributed by atoms with E-state index in [1.54, 1.807) is 36.2 Å². The van der Waals surface area contributed by atoms with Crippen LogP contribution in [0.5, 0.6) is 0 Å². The van der Waals surface area contributed by atoms with Crippen LogP contribution < -0.4 is 10.2 Å². The number of pyridine rings is 1. The average Bonchev–Trinajstić information content (AvgIpc) is 3.19. The first-order chi connectivity index (χ1) is 16.0. The van der Waals surface area contributed by atoms with Gasteiger partial charge < -0.3 is 10.2 Å². The number of carbonyl (C=O) groups is 2. The second-order valence-electron chi connectivity index (χ2n) is 7.85. The van der Waals surface area contributed by atoms with Crippen molar-refractivity contribution in [2.75, 3.05) is 10.2 Å². The van der Waals surface area contributed by atoms with Gasteiger partial charge in [-0.3, -0.25) is 14.3 Å². The van der Waals surface area contributed by atoms with Crippen LogP contribution in [0.25, 0.3) is 0 Å². The normalized spacial score (nSPS) is 12.5. The summed E-state index contributed by atoms with van der Waals surface area (Å²) in [7, 11) is 0. The first kappa shape index (κ1) is 20.6. The minimum absolute atomic E-state index is 0.205. The van der Waals surface area contributed by atoms with Gasteiger partial charge in [0.2, 0.25) is 0 Å². The van der Waals surface area contributed by atoms with Gasteiger partial charge in [-0.05, 0) is 54.4 Å². The van der Waals surface area contributed by atoms with E-state index in [0.29, 0.717) is 24.2 Å². The number of carbonyl (C=O) groups excluding carboxylic acids is 2. The van der Waals surface area contributed by atoms with Gasteiger partial charge in [0.25, 0.3) is 11.8 Å². The van der Waals surface area contributed by atoms with Crippen molar-refractivity contribution in [3.05, 3.63) is 107 Å². The smallest absolute Gasteiger partial charge is 0.260 e. The Kier molecular flexibility index (Phi) is 5.18. The van der Waals surface area contributed by atoms with Crippen molar-refractivity contribution in [3.63, 3.8) is 0 Å². The summed E-state index contributed by atoms with van der Waals surface area (Å²) in [6.45, 7) is 2.70. The Morgan fingerprint density at radius 1 is 1.03 bits per heavy atom. The van der Waals surface area contributed by atoms with Gasteiger partial charge in [-0.15, -0.1) is 0 Å². The Hall–Kier alpha value is -4.33. The molecule has 5 rings (SSSR count). The molecule has 164 valence electrons. The Bertz CT molecular complexity index is 1360. The van der Waals surface area contributed by atoms with Crippen molar-refractivity contribution in [1.82, 2.24) is 14.8 Å². The van der Waals surface area contributed by atoms with Crippen LogP contribution in [0.2, 0.25) is 0 Å². The molecule has 0 aliphatic carbocycles. The lowest BCUT2D eigenvalue weighted by atomic mass is 10.1. The fourth-order valence-electron chi connectivity index (χ4n) is 3.91. The minimum atomic E-state index is -0.487. The molecular formula is C25H20FN5O2. The van der Waals surface area contributed by atoms with E-state index < -0.39 is 11.7 Å². The number of amides is 2. The molecule has 1 N–H and O–H groups in total. The molecule has 7 nitrogen and oxygen atoms in total. The Balaban J connectivity index is 1.39. The molecule has 0 fully saturated rings. The number of anilines is 2. The molecule has 33 heavy (non-hydrogen) atoms. The number of benzene rings is 2. The van der Waals surface area contributed by atoms with Crippen molar-refractivity contribution in [3.8, 4) is 0 Å². The van der Waals surface area contributed by atoms with E-state index in [0.717, 1.165) is 16.9 Å². The molecule has 0 spiro atoms. The average molecular weight is 441 g/mol. The van der Waals surface area contributed by atoms with Crippen LogP contribution in [0.15, 0.2) is 73.1 Å². The van der Waals surface area contributed by atoms with E-state index in [1.807, 2.05) is 35.0 Å². The van der Waals surface area contributed by atoms with Gasteiger partial charge in [0.15, 0.2) is 0 Å². The highest BCUT2D eigenvalue weighted by Gasteiger charge is 2.25. The lowest BCUT2D eigenvalue weighted by Gasteiger charge is -2.22. The zero-order valence-corrected chi connectivity index (χ0v) is 17.8. The predicted molar refractivity (Wildman–Crippen MR) is 122 cm³/mol. The van der Waals surface area contributed by atoms with Gasteiger partial charge in [0, 0.05) is 23.6 Å². The number of nitrogens with one attached hydrogen (secondary N) is 1. The molecule has 1 aliphatic rings. The number of para-hydroxylation sites is 1. The number of rotatable bonds is 3. The lowest BCUT2D eigenvalue weighted by Crippen LogP contribution is -2.30. The molecule has 2 aromatic heterocycles. The molecule has 4 aromatic rings. The molecule has 0 unspecified atom stereocenters. The lowest BCUT2D eigenvalue weighted by molar-refractivity contribution is 0.0983. The van der Waals surface area contributed by atoms with E-state index in [4.69, 9.17) is 0 Å². The number of aromatic nitrogens is 3. The van der Waals surface area contributed by atoms with Gasteiger partial charge in [-0.25, -0.2) is 9.37 Å². The quantitative estimate of drug-likeness (QED) is 0.517. The molecule has 0 saturated heterocycles. The van der Waals surface area contributed by atoms with E-state index in [-0.39, 0.29) is 17.3 Å². The zero-order valence-electron chi connectivity index (χ0n) is 17.8. The first-order valence-electron chi connectivity index (χ1n) is 10.4. The fourth-order valence-corrected chi connectivity index (χ4v) is 3.91. The molecule has 0 radical (unpaired) electrons. The summed E-state index contributed by atoms with van der Waals surface area (Å²) in [4.78, 5) is 31.9. The second kappa shape index (κ2) is 8.31. The van der Waals surface area contributed by atoms with E-state index in [9.17, 15) is 14.0 Å². The minimum Gasteiger partial charge on any atom is -0.307 e. The Morgan fingerprint density at radius 3 is 2.70 bits per heavy atom. The molecule has 0 atom stereocenters. The third-order valence-electron chi connectivity index (χ3n) is 5.67. The van der Waals surface area contributed by atoms with Gasteiger partial charge in [-0.2, -0.15) is 5.10 Å². The second-order valence-corrected chi connectivity index (χ2v) is 7.85. The van der Waals surface area contributed by atoms with Crippen LogP contribution in [-0.2, 0) is 13.1 Å². The van der Waals surface area contributed by atoms with Crippen LogP contribution >= 0.6 is 0 Å². The number of nitrogens with zero attached hydrogens (tertiary/aromatic N) is 4. The number of halogens is 1. The van der Waals surface area contributed by atoms with Gasteiger partial charge in [-0.1, -0.05) is 24.3 Å². The van der Waals surface area contributed by atoms with Crippen LogP contribution in [0.4, 0.5) is 15.9 Å². The summed E-state index contributed by atoms with van der Waals surface area (Å²) in [5.74, 6) is -0.884. The molecule has 0 bridgehead atoms.